The zero-order chi connectivity index (χ0) is 11.3. The largest absolute Gasteiger partial charge is 0.481 e. The van der Waals surface area contributed by atoms with E-state index >= 15 is 0 Å². The third kappa shape index (κ3) is 4.42. The minimum absolute atomic E-state index is 0.151. The number of hydrogen-bond donors (Lipinski definition) is 1. The highest BCUT2D eigenvalue weighted by molar-refractivity contribution is 9.10. The third-order valence-electron chi connectivity index (χ3n) is 2.10. The summed E-state index contributed by atoms with van der Waals surface area (Å²) < 4.78 is 14.0. The fourth-order valence-corrected chi connectivity index (χ4v) is 1.65. The predicted octanol–water partition coefficient (Wildman–Crippen LogP) is 3.39. The molecule has 1 rings (SSSR count). The Morgan fingerprint density at radius 3 is 2.73 bits per heavy atom. The number of aliphatic carboxylic acids is 1. The first-order valence-corrected chi connectivity index (χ1v) is 5.54. The molecule has 0 unspecified atom stereocenters. The Balaban J connectivity index is 2.40. The van der Waals surface area contributed by atoms with Crippen LogP contribution < -0.4 is 0 Å². The maximum Gasteiger partial charge on any atom is 0.303 e. The molecule has 0 radical (unpaired) electrons. The smallest absolute Gasteiger partial charge is 0.303 e. The van der Waals surface area contributed by atoms with Crippen LogP contribution in [0.2, 0.25) is 0 Å². The molecule has 0 bridgehead atoms. The van der Waals surface area contributed by atoms with Crippen LogP contribution in [0.15, 0.2) is 22.7 Å². The quantitative estimate of drug-likeness (QED) is 0.836. The molecular formula is C11H12BrFO2. The molecule has 4 heteroatoms. The highest BCUT2D eigenvalue weighted by atomic mass is 79.9. The number of carbonyl (C=O) groups is 1. The molecule has 1 aromatic rings. The maximum atomic E-state index is 13.3. The first-order valence-electron chi connectivity index (χ1n) is 4.75. The fraction of sp³-hybridized carbons (Fsp3) is 0.364. The molecule has 0 fully saturated rings. The Kier molecular flexibility index (Phi) is 4.75. The Hall–Kier alpha value is -0.900. The van der Waals surface area contributed by atoms with Gasteiger partial charge < -0.3 is 5.11 Å². The number of aryl methyl sites for hydroxylation is 1. The van der Waals surface area contributed by atoms with Gasteiger partial charge in [0.1, 0.15) is 5.82 Å². The topological polar surface area (TPSA) is 37.3 Å². The summed E-state index contributed by atoms with van der Waals surface area (Å²) in [6, 6.07) is 4.93. The zero-order valence-corrected chi connectivity index (χ0v) is 9.76. The highest BCUT2D eigenvalue weighted by Crippen LogP contribution is 2.17. The normalized spacial score (nSPS) is 10.3. The summed E-state index contributed by atoms with van der Waals surface area (Å²) in [6.07, 6.45) is 2.03. The van der Waals surface area contributed by atoms with Gasteiger partial charge >= 0.3 is 5.97 Å². The summed E-state index contributed by atoms with van der Waals surface area (Å²) in [5, 5.41) is 8.42. The van der Waals surface area contributed by atoms with Crippen molar-refractivity contribution in [2.24, 2.45) is 0 Å². The number of rotatable bonds is 5. The molecule has 15 heavy (non-hydrogen) atoms. The van der Waals surface area contributed by atoms with Crippen LogP contribution in [0.5, 0.6) is 0 Å². The van der Waals surface area contributed by atoms with Crippen LogP contribution in [0, 0.1) is 5.82 Å². The number of hydrogen-bond acceptors (Lipinski definition) is 1. The molecule has 0 heterocycles. The van der Waals surface area contributed by atoms with E-state index in [0.29, 0.717) is 29.3 Å². The lowest BCUT2D eigenvalue weighted by Gasteiger charge is -2.02. The molecule has 1 N–H and O–H groups in total. The molecule has 1 aromatic carbocycles. The maximum absolute atomic E-state index is 13.3. The predicted molar refractivity (Wildman–Crippen MR) is 59.3 cm³/mol. The lowest BCUT2D eigenvalue weighted by Crippen LogP contribution is -1.96. The molecule has 0 aliphatic carbocycles. The van der Waals surface area contributed by atoms with E-state index in [1.807, 2.05) is 0 Å². The van der Waals surface area contributed by atoms with Gasteiger partial charge in [0, 0.05) is 10.9 Å². The summed E-state index contributed by atoms with van der Waals surface area (Å²) in [4.78, 5) is 10.2. The van der Waals surface area contributed by atoms with E-state index in [-0.39, 0.29) is 12.2 Å². The number of unbranched alkanes of at least 4 members (excludes halogenated alkanes) is 1. The van der Waals surface area contributed by atoms with Gasteiger partial charge in [-0.3, -0.25) is 4.79 Å². The van der Waals surface area contributed by atoms with Crippen LogP contribution in [0.4, 0.5) is 4.39 Å². The minimum atomic E-state index is -0.800. The molecule has 0 spiro atoms. The monoisotopic (exact) mass is 274 g/mol. The number of halogens is 2. The van der Waals surface area contributed by atoms with E-state index in [4.69, 9.17) is 5.11 Å². The van der Waals surface area contributed by atoms with Gasteiger partial charge in [0.2, 0.25) is 0 Å². The Morgan fingerprint density at radius 2 is 2.13 bits per heavy atom. The highest BCUT2D eigenvalue weighted by Gasteiger charge is 2.03. The average Bonchev–Trinajstić information content (AvgIpc) is 2.14. The van der Waals surface area contributed by atoms with E-state index in [0.717, 1.165) is 0 Å². The SMILES string of the molecule is O=C(O)CCCCc1ccc(Br)cc1F. The summed E-state index contributed by atoms with van der Waals surface area (Å²) in [7, 11) is 0. The molecule has 0 saturated heterocycles. The van der Waals surface area contributed by atoms with Crippen molar-refractivity contribution in [2.45, 2.75) is 25.7 Å². The standard InChI is InChI=1S/C11H12BrFO2/c12-9-6-5-8(10(13)7-9)3-1-2-4-11(14)15/h5-7H,1-4H2,(H,14,15). The second-order valence-corrected chi connectivity index (χ2v) is 4.25. The lowest BCUT2D eigenvalue weighted by atomic mass is 10.1. The van der Waals surface area contributed by atoms with Crippen molar-refractivity contribution < 1.29 is 14.3 Å². The molecule has 0 aromatic heterocycles. The van der Waals surface area contributed by atoms with Gasteiger partial charge in [-0.1, -0.05) is 22.0 Å². The van der Waals surface area contributed by atoms with Crippen LogP contribution in [0.3, 0.4) is 0 Å². The van der Waals surface area contributed by atoms with Gasteiger partial charge in [0.05, 0.1) is 0 Å². The fourth-order valence-electron chi connectivity index (χ4n) is 1.32. The van der Waals surface area contributed by atoms with Crippen molar-refractivity contribution in [3.05, 3.63) is 34.1 Å². The Morgan fingerprint density at radius 1 is 1.40 bits per heavy atom. The number of carboxylic acids is 1. The van der Waals surface area contributed by atoms with Gasteiger partial charge in [-0.05, 0) is 37.0 Å². The molecule has 0 aliphatic heterocycles. The molecule has 0 saturated carbocycles. The number of carboxylic acid groups (broad SMARTS) is 1. The van der Waals surface area contributed by atoms with E-state index in [9.17, 15) is 9.18 Å². The molecule has 0 amide bonds. The van der Waals surface area contributed by atoms with Crippen LogP contribution in [0.1, 0.15) is 24.8 Å². The summed E-state index contributed by atoms with van der Waals surface area (Å²) >= 11 is 3.18. The zero-order valence-electron chi connectivity index (χ0n) is 8.17. The summed E-state index contributed by atoms with van der Waals surface area (Å²) in [5.41, 5.74) is 0.642. The second kappa shape index (κ2) is 5.85. The van der Waals surface area contributed by atoms with Gasteiger partial charge in [0.25, 0.3) is 0 Å². The Bertz CT molecular complexity index is 352. The second-order valence-electron chi connectivity index (χ2n) is 3.34. The van der Waals surface area contributed by atoms with Gasteiger partial charge in [0.15, 0.2) is 0 Å². The summed E-state index contributed by atoms with van der Waals surface area (Å²) in [5.74, 6) is -1.04. The number of benzene rings is 1. The van der Waals surface area contributed by atoms with Crippen LogP contribution in [-0.2, 0) is 11.2 Å². The minimum Gasteiger partial charge on any atom is -0.481 e. The van der Waals surface area contributed by atoms with Gasteiger partial charge in [-0.15, -0.1) is 0 Å². The van der Waals surface area contributed by atoms with Crippen molar-refractivity contribution in [1.82, 2.24) is 0 Å². The van der Waals surface area contributed by atoms with Gasteiger partial charge in [-0.2, -0.15) is 0 Å². The first-order chi connectivity index (χ1) is 7.09. The molecule has 0 aliphatic rings. The van der Waals surface area contributed by atoms with Crippen LogP contribution in [0.25, 0.3) is 0 Å². The van der Waals surface area contributed by atoms with Crippen molar-refractivity contribution in [3.63, 3.8) is 0 Å². The summed E-state index contributed by atoms with van der Waals surface area (Å²) in [6.45, 7) is 0. The third-order valence-corrected chi connectivity index (χ3v) is 2.60. The van der Waals surface area contributed by atoms with E-state index in [1.54, 1.807) is 12.1 Å². The van der Waals surface area contributed by atoms with Crippen molar-refractivity contribution in [2.75, 3.05) is 0 Å². The van der Waals surface area contributed by atoms with Crippen LogP contribution >= 0.6 is 15.9 Å². The van der Waals surface area contributed by atoms with E-state index in [2.05, 4.69) is 15.9 Å². The molecule has 0 atom stereocenters. The Labute approximate surface area is 96.2 Å². The van der Waals surface area contributed by atoms with E-state index in [1.165, 1.54) is 6.07 Å². The van der Waals surface area contributed by atoms with Crippen LogP contribution in [-0.4, -0.2) is 11.1 Å². The van der Waals surface area contributed by atoms with Crippen molar-refractivity contribution >= 4 is 21.9 Å². The van der Waals surface area contributed by atoms with Crippen molar-refractivity contribution in [1.29, 1.82) is 0 Å². The molecule has 2 nitrogen and oxygen atoms in total. The van der Waals surface area contributed by atoms with E-state index < -0.39 is 5.97 Å². The molecule has 82 valence electrons. The average molecular weight is 275 g/mol. The van der Waals surface area contributed by atoms with Crippen molar-refractivity contribution in [3.8, 4) is 0 Å². The van der Waals surface area contributed by atoms with Gasteiger partial charge in [-0.25, -0.2) is 4.39 Å². The lowest BCUT2D eigenvalue weighted by molar-refractivity contribution is -0.137. The first kappa shape index (κ1) is 12.2. The molecular weight excluding hydrogens is 263 g/mol.